The molecule has 0 bridgehead atoms. The number of fused-ring (bicyclic) bond motifs is 1. The van der Waals surface area contributed by atoms with E-state index in [4.69, 9.17) is 0 Å². The summed E-state index contributed by atoms with van der Waals surface area (Å²) in [6.07, 6.45) is 0. The molecule has 1 aromatic heterocycles. The van der Waals surface area contributed by atoms with Crippen LogP contribution in [0.25, 0.3) is 10.9 Å². The van der Waals surface area contributed by atoms with E-state index in [2.05, 4.69) is 67.9 Å². The number of rotatable bonds is 6. The lowest BCUT2D eigenvalue weighted by molar-refractivity contribution is 0.191. The van der Waals surface area contributed by atoms with E-state index >= 15 is 0 Å². The fourth-order valence-electron chi connectivity index (χ4n) is 4.33. The monoisotopic (exact) mass is 456 g/mol. The summed E-state index contributed by atoms with van der Waals surface area (Å²) >= 11 is 0. The third-order valence-corrected chi connectivity index (χ3v) is 6.56. The van der Waals surface area contributed by atoms with Crippen molar-refractivity contribution in [3.8, 4) is 0 Å². The summed E-state index contributed by atoms with van der Waals surface area (Å²) in [5, 5.41) is 1.03. The number of nitrogens with zero attached hydrogens (tertiary/aromatic N) is 1. The Morgan fingerprint density at radius 3 is 2.24 bits per heavy atom. The van der Waals surface area contributed by atoms with Crippen molar-refractivity contribution >= 4 is 10.9 Å². The van der Waals surface area contributed by atoms with Gasteiger partial charge in [0, 0.05) is 30.2 Å². The second-order valence-electron chi connectivity index (χ2n) is 10.3. The maximum absolute atomic E-state index is 13.6. The molecule has 1 atom stereocenters. The van der Waals surface area contributed by atoms with Gasteiger partial charge in [-0.3, -0.25) is 9.69 Å². The van der Waals surface area contributed by atoms with Gasteiger partial charge >= 0.3 is 0 Å². The molecule has 0 fully saturated rings. The van der Waals surface area contributed by atoms with Gasteiger partial charge in [-0.05, 0) is 71.7 Å². The van der Waals surface area contributed by atoms with Crippen molar-refractivity contribution in [1.82, 2.24) is 9.88 Å². The molecule has 4 rings (SSSR count). The van der Waals surface area contributed by atoms with Crippen LogP contribution >= 0.6 is 0 Å². The Morgan fingerprint density at radius 1 is 0.912 bits per heavy atom. The highest BCUT2D eigenvalue weighted by atomic mass is 19.1. The van der Waals surface area contributed by atoms with Crippen LogP contribution in [0.4, 0.5) is 4.39 Å². The number of aryl methyl sites for hydroxylation is 1. The second-order valence-corrected chi connectivity index (χ2v) is 10.3. The van der Waals surface area contributed by atoms with E-state index in [1.54, 1.807) is 0 Å². The van der Waals surface area contributed by atoms with E-state index in [-0.39, 0.29) is 22.8 Å². The molecule has 176 valence electrons. The average Bonchev–Trinajstić information content (AvgIpc) is 2.79. The molecule has 0 aliphatic rings. The predicted molar refractivity (Wildman–Crippen MR) is 139 cm³/mol. The van der Waals surface area contributed by atoms with E-state index in [9.17, 15) is 9.18 Å². The lowest BCUT2D eigenvalue weighted by Crippen LogP contribution is -2.29. The Balaban J connectivity index is 1.68. The van der Waals surface area contributed by atoms with E-state index in [0.29, 0.717) is 13.1 Å². The molecule has 0 aliphatic heterocycles. The standard InChI is InChI=1S/C30H33FN2O/c1-20-6-15-28-24(16-20)17-25(29(34)32-28)19-33(21(2)23-9-13-27(31)14-10-23)18-22-7-11-26(12-8-22)30(3,4)5/h6-17,21H,18-19H2,1-5H3,(H,32,34). The Bertz CT molecular complexity index is 1330. The van der Waals surface area contributed by atoms with E-state index < -0.39 is 0 Å². The van der Waals surface area contributed by atoms with Crippen LogP contribution in [-0.2, 0) is 18.5 Å². The largest absolute Gasteiger partial charge is 0.322 e. The number of hydrogen-bond acceptors (Lipinski definition) is 2. The van der Waals surface area contributed by atoms with Crippen molar-refractivity contribution in [2.24, 2.45) is 0 Å². The van der Waals surface area contributed by atoms with Gasteiger partial charge in [-0.25, -0.2) is 4.39 Å². The predicted octanol–water partition coefficient (Wildman–Crippen LogP) is 7.04. The molecule has 0 amide bonds. The van der Waals surface area contributed by atoms with E-state index in [1.807, 2.05) is 37.3 Å². The smallest absolute Gasteiger partial charge is 0.252 e. The van der Waals surface area contributed by atoms with Crippen molar-refractivity contribution in [3.05, 3.63) is 117 Å². The summed E-state index contributed by atoms with van der Waals surface area (Å²) in [6, 6.07) is 23.4. The maximum Gasteiger partial charge on any atom is 0.252 e. The third-order valence-electron chi connectivity index (χ3n) is 6.56. The minimum Gasteiger partial charge on any atom is -0.322 e. The zero-order valence-corrected chi connectivity index (χ0v) is 20.7. The Hall–Kier alpha value is -3.24. The number of nitrogens with one attached hydrogen (secondary N) is 1. The molecule has 0 saturated carbocycles. The van der Waals surface area contributed by atoms with E-state index in [1.165, 1.54) is 23.3 Å². The number of H-pyrrole nitrogens is 1. The molecule has 0 spiro atoms. The van der Waals surface area contributed by atoms with Crippen molar-refractivity contribution < 1.29 is 4.39 Å². The highest BCUT2D eigenvalue weighted by Crippen LogP contribution is 2.27. The zero-order valence-electron chi connectivity index (χ0n) is 20.7. The minimum absolute atomic E-state index is 0.00417. The highest BCUT2D eigenvalue weighted by molar-refractivity contribution is 5.79. The van der Waals surface area contributed by atoms with Gasteiger partial charge in [-0.2, -0.15) is 0 Å². The fourth-order valence-corrected chi connectivity index (χ4v) is 4.33. The number of halogens is 1. The van der Waals surface area contributed by atoms with Crippen LogP contribution in [0.3, 0.4) is 0 Å². The first-order chi connectivity index (χ1) is 16.1. The third kappa shape index (κ3) is 5.45. The van der Waals surface area contributed by atoms with Gasteiger partial charge in [0.2, 0.25) is 0 Å². The van der Waals surface area contributed by atoms with Gasteiger partial charge < -0.3 is 4.98 Å². The van der Waals surface area contributed by atoms with Crippen LogP contribution < -0.4 is 5.56 Å². The highest BCUT2D eigenvalue weighted by Gasteiger charge is 2.20. The van der Waals surface area contributed by atoms with Gasteiger partial charge in [0.05, 0.1) is 0 Å². The first-order valence-electron chi connectivity index (χ1n) is 11.8. The normalized spacial score (nSPS) is 12.9. The number of aromatic amines is 1. The Kier molecular flexibility index (Phi) is 6.72. The summed E-state index contributed by atoms with van der Waals surface area (Å²) in [5.41, 5.74) is 6.22. The maximum atomic E-state index is 13.6. The molecule has 0 saturated heterocycles. The van der Waals surface area contributed by atoms with Gasteiger partial charge in [0.15, 0.2) is 0 Å². The lowest BCUT2D eigenvalue weighted by atomic mass is 9.86. The number of hydrogen-bond donors (Lipinski definition) is 1. The molecular weight excluding hydrogens is 423 g/mol. The quantitative estimate of drug-likeness (QED) is 0.338. The van der Waals surface area contributed by atoms with Crippen LogP contribution in [0.1, 0.15) is 61.6 Å². The van der Waals surface area contributed by atoms with E-state index in [0.717, 1.165) is 27.6 Å². The molecule has 1 N–H and O–H groups in total. The van der Waals surface area contributed by atoms with Crippen LogP contribution in [0.5, 0.6) is 0 Å². The van der Waals surface area contributed by atoms with Gasteiger partial charge in [-0.1, -0.05) is 68.8 Å². The average molecular weight is 457 g/mol. The van der Waals surface area contributed by atoms with Gasteiger partial charge in [0.25, 0.3) is 5.56 Å². The van der Waals surface area contributed by atoms with Gasteiger partial charge in [-0.15, -0.1) is 0 Å². The molecule has 1 unspecified atom stereocenters. The molecular formula is C30H33FN2O. The molecule has 34 heavy (non-hydrogen) atoms. The molecule has 0 aliphatic carbocycles. The number of aromatic nitrogens is 1. The molecule has 4 heteroatoms. The second kappa shape index (κ2) is 9.55. The SMILES string of the molecule is Cc1ccc2[nH]c(=O)c(CN(Cc3ccc(C(C)(C)C)cc3)C(C)c3ccc(F)cc3)cc2c1. The molecule has 0 radical (unpaired) electrons. The molecule has 3 aromatic carbocycles. The number of pyridine rings is 1. The first kappa shape index (κ1) is 23.9. The molecule has 1 heterocycles. The van der Waals surface area contributed by atoms with Crippen LogP contribution in [0.2, 0.25) is 0 Å². The summed E-state index contributed by atoms with van der Waals surface area (Å²) < 4.78 is 13.6. The summed E-state index contributed by atoms with van der Waals surface area (Å²) in [4.78, 5) is 18.2. The zero-order chi connectivity index (χ0) is 24.5. The summed E-state index contributed by atoms with van der Waals surface area (Å²) in [6.45, 7) is 11.9. The fraction of sp³-hybridized carbons (Fsp3) is 0.300. The number of benzene rings is 3. The molecule has 3 nitrogen and oxygen atoms in total. The van der Waals surface area contributed by atoms with Crippen molar-refractivity contribution in [2.75, 3.05) is 0 Å². The Labute approximate surface area is 201 Å². The van der Waals surface area contributed by atoms with Crippen LogP contribution in [-0.4, -0.2) is 9.88 Å². The topological polar surface area (TPSA) is 36.1 Å². The van der Waals surface area contributed by atoms with Crippen molar-refractivity contribution in [1.29, 1.82) is 0 Å². The first-order valence-corrected chi connectivity index (χ1v) is 11.8. The Morgan fingerprint density at radius 2 is 1.59 bits per heavy atom. The molecule has 4 aromatic rings. The lowest BCUT2D eigenvalue weighted by Gasteiger charge is -2.30. The van der Waals surface area contributed by atoms with Crippen LogP contribution in [0.15, 0.2) is 77.6 Å². The van der Waals surface area contributed by atoms with Crippen molar-refractivity contribution in [3.63, 3.8) is 0 Å². The van der Waals surface area contributed by atoms with Gasteiger partial charge in [0.1, 0.15) is 5.82 Å². The summed E-state index contributed by atoms with van der Waals surface area (Å²) in [7, 11) is 0. The van der Waals surface area contributed by atoms with Crippen LogP contribution in [0, 0.1) is 12.7 Å². The summed E-state index contributed by atoms with van der Waals surface area (Å²) in [5.74, 6) is -0.249. The van der Waals surface area contributed by atoms with Crippen molar-refractivity contribution in [2.45, 2.75) is 59.2 Å². The minimum atomic E-state index is -0.249.